The summed E-state index contributed by atoms with van der Waals surface area (Å²) in [5, 5.41) is 20.6. The number of carboxylic acids is 1. The number of hydrogen-bond acceptors (Lipinski definition) is 5. The third kappa shape index (κ3) is 3.50. The van der Waals surface area contributed by atoms with Gasteiger partial charge in [0, 0.05) is 5.25 Å². The van der Waals surface area contributed by atoms with Crippen molar-refractivity contribution >= 4 is 17.7 Å². The van der Waals surface area contributed by atoms with Gasteiger partial charge in [0.1, 0.15) is 6.54 Å². The smallest absolute Gasteiger partial charge is 0.325 e. The maximum absolute atomic E-state index is 10.5. The molecule has 1 heterocycles. The van der Waals surface area contributed by atoms with Crippen LogP contribution in [0.4, 0.5) is 0 Å². The molecule has 1 rings (SSSR count). The van der Waals surface area contributed by atoms with Gasteiger partial charge in [-0.3, -0.25) is 4.79 Å². The van der Waals surface area contributed by atoms with Crippen LogP contribution in [0.2, 0.25) is 0 Å². The molecular weight excluding hydrogens is 216 g/mol. The van der Waals surface area contributed by atoms with E-state index >= 15 is 0 Å². The molecule has 84 valence electrons. The molecule has 1 aromatic heterocycles. The number of rotatable bonds is 6. The Balaban J connectivity index is 2.67. The van der Waals surface area contributed by atoms with E-state index in [1.54, 1.807) is 0 Å². The molecule has 0 spiro atoms. The summed E-state index contributed by atoms with van der Waals surface area (Å²) in [6.07, 6.45) is 2.03. The molecule has 0 atom stereocenters. The van der Waals surface area contributed by atoms with Crippen molar-refractivity contribution in [3.05, 3.63) is 0 Å². The van der Waals surface area contributed by atoms with Crippen LogP contribution in [0, 0.1) is 0 Å². The second kappa shape index (κ2) is 5.69. The summed E-state index contributed by atoms with van der Waals surface area (Å²) in [6, 6.07) is 0. The molecule has 0 aliphatic heterocycles. The lowest BCUT2D eigenvalue weighted by Crippen LogP contribution is -2.12. The van der Waals surface area contributed by atoms with Crippen LogP contribution in [0.1, 0.15) is 26.7 Å². The molecule has 6 nitrogen and oxygen atoms in total. The zero-order valence-corrected chi connectivity index (χ0v) is 9.57. The van der Waals surface area contributed by atoms with E-state index in [0.717, 1.165) is 12.8 Å². The lowest BCUT2D eigenvalue weighted by Gasteiger charge is -2.09. The van der Waals surface area contributed by atoms with Crippen molar-refractivity contribution in [1.29, 1.82) is 0 Å². The fourth-order valence-electron chi connectivity index (χ4n) is 1.11. The summed E-state index contributed by atoms with van der Waals surface area (Å²) in [4.78, 5) is 10.5. The van der Waals surface area contributed by atoms with Crippen molar-refractivity contribution < 1.29 is 9.90 Å². The highest BCUT2D eigenvalue weighted by Crippen LogP contribution is 2.24. The first-order valence-electron chi connectivity index (χ1n) is 4.82. The molecule has 0 fully saturated rings. The molecule has 7 heteroatoms. The highest BCUT2D eigenvalue weighted by molar-refractivity contribution is 7.99. The molecule has 15 heavy (non-hydrogen) atoms. The Morgan fingerprint density at radius 3 is 2.73 bits per heavy atom. The van der Waals surface area contributed by atoms with E-state index in [2.05, 4.69) is 29.4 Å². The van der Waals surface area contributed by atoms with Crippen LogP contribution in [0.25, 0.3) is 0 Å². The molecular formula is C8H14N4O2S. The van der Waals surface area contributed by atoms with Gasteiger partial charge >= 0.3 is 5.97 Å². The average molecular weight is 230 g/mol. The van der Waals surface area contributed by atoms with Gasteiger partial charge < -0.3 is 5.11 Å². The van der Waals surface area contributed by atoms with Crippen molar-refractivity contribution in [3.63, 3.8) is 0 Å². The molecule has 1 aromatic rings. The van der Waals surface area contributed by atoms with Gasteiger partial charge in [0.2, 0.25) is 5.16 Å². The van der Waals surface area contributed by atoms with Crippen molar-refractivity contribution in [3.8, 4) is 0 Å². The largest absolute Gasteiger partial charge is 0.480 e. The second-order valence-electron chi connectivity index (χ2n) is 3.07. The molecule has 0 aliphatic rings. The number of aromatic nitrogens is 4. The van der Waals surface area contributed by atoms with Crippen LogP contribution in [-0.2, 0) is 11.3 Å². The Bertz CT molecular complexity index is 324. The minimum Gasteiger partial charge on any atom is -0.480 e. The van der Waals surface area contributed by atoms with E-state index in [1.165, 1.54) is 16.4 Å². The predicted octanol–water partition coefficient (Wildman–Crippen LogP) is 1.04. The molecule has 0 unspecified atom stereocenters. The Hall–Kier alpha value is -1.11. The summed E-state index contributed by atoms with van der Waals surface area (Å²) in [5.74, 6) is -0.936. The first-order valence-corrected chi connectivity index (χ1v) is 5.69. The Labute approximate surface area is 92.0 Å². The quantitative estimate of drug-likeness (QED) is 0.735. The van der Waals surface area contributed by atoms with Gasteiger partial charge in [0.05, 0.1) is 0 Å². The molecule has 0 saturated carbocycles. The topological polar surface area (TPSA) is 80.9 Å². The average Bonchev–Trinajstić information content (AvgIpc) is 2.61. The van der Waals surface area contributed by atoms with Gasteiger partial charge in [0.25, 0.3) is 0 Å². The fourth-order valence-corrected chi connectivity index (χ4v) is 2.05. The number of carbonyl (C=O) groups is 1. The summed E-state index contributed by atoms with van der Waals surface area (Å²) in [6.45, 7) is 3.99. The molecule has 0 amide bonds. The van der Waals surface area contributed by atoms with E-state index in [0.29, 0.717) is 10.4 Å². The van der Waals surface area contributed by atoms with Gasteiger partial charge in [0.15, 0.2) is 0 Å². The number of carboxylic acid groups (broad SMARTS) is 1. The van der Waals surface area contributed by atoms with Crippen molar-refractivity contribution in [2.24, 2.45) is 0 Å². The zero-order valence-electron chi connectivity index (χ0n) is 8.75. The first kappa shape index (κ1) is 12.0. The molecule has 0 aliphatic carbocycles. The Kier molecular flexibility index (Phi) is 4.54. The van der Waals surface area contributed by atoms with E-state index in [9.17, 15) is 4.79 Å². The van der Waals surface area contributed by atoms with Crippen LogP contribution in [0.15, 0.2) is 5.16 Å². The first-order chi connectivity index (χ1) is 7.17. The second-order valence-corrected chi connectivity index (χ2v) is 4.34. The molecule has 0 bridgehead atoms. The molecule has 1 N–H and O–H groups in total. The zero-order chi connectivity index (χ0) is 11.3. The lowest BCUT2D eigenvalue weighted by molar-refractivity contribution is -0.138. The van der Waals surface area contributed by atoms with Crippen LogP contribution in [-0.4, -0.2) is 36.5 Å². The minimum absolute atomic E-state index is 0.185. The van der Waals surface area contributed by atoms with E-state index < -0.39 is 5.97 Å². The standard InChI is InChI=1S/C8H14N4O2S/c1-3-6(4-2)15-8-9-10-11-12(8)5-7(13)14/h6H,3-5H2,1-2H3,(H,13,14). The Morgan fingerprint density at radius 2 is 2.20 bits per heavy atom. The van der Waals surface area contributed by atoms with Gasteiger partial charge in [-0.2, -0.15) is 0 Å². The normalized spacial score (nSPS) is 10.9. The van der Waals surface area contributed by atoms with Crippen LogP contribution in [0.5, 0.6) is 0 Å². The maximum Gasteiger partial charge on any atom is 0.325 e. The van der Waals surface area contributed by atoms with E-state index in [1.807, 2.05) is 0 Å². The van der Waals surface area contributed by atoms with Gasteiger partial charge in [-0.05, 0) is 23.3 Å². The fraction of sp³-hybridized carbons (Fsp3) is 0.750. The van der Waals surface area contributed by atoms with Gasteiger partial charge in [-0.25, -0.2) is 4.68 Å². The van der Waals surface area contributed by atoms with Gasteiger partial charge in [-0.15, -0.1) is 5.10 Å². The van der Waals surface area contributed by atoms with Crippen molar-refractivity contribution in [1.82, 2.24) is 20.2 Å². The molecule has 0 aromatic carbocycles. The van der Waals surface area contributed by atoms with E-state index in [-0.39, 0.29) is 6.54 Å². The summed E-state index contributed by atoms with van der Waals surface area (Å²) >= 11 is 1.53. The monoisotopic (exact) mass is 230 g/mol. The van der Waals surface area contributed by atoms with Crippen molar-refractivity contribution in [2.45, 2.75) is 43.6 Å². The number of aliphatic carboxylic acids is 1. The van der Waals surface area contributed by atoms with Gasteiger partial charge in [-0.1, -0.05) is 25.6 Å². The molecule has 0 radical (unpaired) electrons. The number of hydrogen-bond donors (Lipinski definition) is 1. The predicted molar refractivity (Wildman–Crippen MR) is 55.7 cm³/mol. The number of tetrazole rings is 1. The maximum atomic E-state index is 10.5. The third-order valence-corrected chi connectivity index (χ3v) is 3.47. The molecule has 0 saturated heterocycles. The SMILES string of the molecule is CCC(CC)Sc1nnnn1CC(=O)O. The van der Waals surface area contributed by atoms with Crippen LogP contribution >= 0.6 is 11.8 Å². The van der Waals surface area contributed by atoms with E-state index in [4.69, 9.17) is 5.11 Å². The third-order valence-electron chi connectivity index (χ3n) is 1.97. The number of nitrogens with zero attached hydrogens (tertiary/aromatic N) is 4. The highest BCUT2D eigenvalue weighted by Gasteiger charge is 2.14. The van der Waals surface area contributed by atoms with Crippen LogP contribution in [0.3, 0.4) is 0 Å². The lowest BCUT2D eigenvalue weighted by atomic mass is 10.3. The summed E-state index contributed by atoms with van der Waals surface area (Å²) in [7, 11) is 0. The minimum atomic E-state index is -0.936. The summed E-state index contributed by atoms with van der Waals surface area (Å²) < 4.78 is 1.31. The number of thioether (sulfide) groups is 1. The Morgan fingerprint density at radius 1 is 1.53 bits per heavy atom. The summed E-state index contributed by atoms with van der Waals surface area (Å²) in [5.41, 5.74) is 0. The highest BCUT2D eigenvalue weighted by atomic mass is 32.2. The van der Waals surface area contributed by atoms with Crippen molar-refractivity contribution in [2.75, 3.05) is 0 Å². The van der Waals surface area contributed by atoms with Crippen LogP contribution < -0.4 is 0 Å².